The van der Waals surface area contributed by atoms with E-state index in [-0.39, 0.29) is 28.8 Å². The summed E-state index contributed by atoms with van der Waals surface area (Å²) in [5, 5.41) is 20.8. The third-order valence-electron chi connectivity index (χ3n) is 5.99. The van der Waals surface area contributed by atoms with Gasteiger partial charge in [0.2, 0.25) is 11.7 Å². The molecule has 0 saturated carbocycles. The van der Waals surface area contributed by atoms with E-state index in [0.717, 1.165) is 23.0 Å². The zero-order valence-electron chi connectivity index (χ0n) is 21.0. The molecule has 0 bridgehead atoms. The van der Waals surface area contributed by atoms with E-state index in [1.807, 2.05) is 19.1 Å². The summed E-state index contributed by atoms with van der Waals surface area (Å²) in [5.74, 6) is 0.481. The van der Waals surface area contributed by atoms with Gasteiger partial charge in [-0.3, -0.25) is 14.2 Å². The summed E-state index contributed by atoms with van der Waals surface area (Å²) < 4.78 is 17.5. The van der Waals surface area contributed by atoms with Crippen LogP contribution in [0, 0.1) is 18.3 Å². The van der Waals surface area contributed by atoms with E-state index in [1.165, 1.54) is 21.1 Å². The van der Waals surface area contributed by atoms with Gasteiger partial charge in [0.1, 0.15) is 17.4 Å². The van der Waals surface area contributed by atoms with Gasteiger partial charge in [-0.2, -0.15) is 5.26 Å². The second-order valence-corrected chi connectivity index (χ2v) is 8.23. The van der Waals surface area contributed by atoms with Crippen LogP contribution in [0.2, 0.25) is 0 Å². The second kappa shape index (κ2) is 11.9. The van der Waals surface area contributed by atoms with Gasteiger partial charge in [0, 0.05) is 6.54 Å². The fraction of sp³-hybridized carbons (Fsp3) is 0.321. The molecule has 0 aliphatic rings. The molecule has 0 radical (unpaired) electrons. The summed E-state index contributed by atoms with van der Waals surface area (Å²) >= 11 is 0. The molecule has 36 heavy (non-hydrogen) atoms. The maximum absolute atomic E-state index is 13.6. The van der Waals surface area contributed by atoms with Crippen LogP contribution in [0.15, 0.2) is 47.3 Å². The van der Waals surface area contributed by atoms with Gasteiger partial charge in [-0.05, 0) is 55.2 Å². The summed E-state index contributed by atoms with van der Waals surface area (Å²) in [7, 11) is 3.06. The van der Waals surface area contributed by atoms with Crippen LogP contribution in [0.3, 0.4) is 0 Å². The van der Waals surface area contributed by atoms with E-state index in [2.05, 4.69) is 0 Å². The average molecular weight is 491 g/mol. The van der Waals surface area contributed by atoms with Crippen molar-refractivity contribution in [1.29, 1.82) is 5.26 Å². The Balaban J connectivity index is 2.03. The van der Waals surface area contributed by atoms with Crippen molar-refractivity contribution in [2.75, 3.05) is 20.8 Å². The first-order valence-electron chi connectivity index (χ1n) is 11.7. The normalized spacial score (nSPS) is 10.5. The second-order valence-electron chi connectivity index (χ2n) is 8.23. The number of nitriles is 1. The van der Waals surface area contributed by atoms with Gasteiger partial charge >= 0.3 is 0 Å². The van der Waals surface area contributed by atoms with Gasteiger partial charge in [-0.25, -0.2) is 0 Å². The number of aromatic nitrogens is 1. The lowest BCUT2D eigenvalue weighted by atomic mass is 9.96. The lowest BCUT2D eigenvalue weighted by Gasteiger charge is -2.17. The van der Waals surface area contributed by atoms with E-state index in [9.17, 15) is 20.0 Å². The molecule has 1 aromatic heterocycles. The molecular weight excluding hydrogens is 460 g/mol. The molecule has 0 fully saturated rings. The van der Waals surface area contributed by atoms with Crippen LogP contribution in [0.1, 0.15) is 52.4 Å². The number of hydrogen-bond acceptors (Lipinski definition) is 7. The Morgan fingerprint density at radius 3 is 2.47 bits per heavy atom. The molecule has 3 rings (SSSR count). The number of unbranched alkanes of at least 4 members (excludes halogenated alkanes) is 1. The van der Waals surface area contributed by atoms with Gasteiger partial charge in [-0.1, -0.05) is 31.5 Å². The summed E-state index contributed by atoms with van der Waals surface area (Å²) in [6.45, 7) is 4.02. The highest BCUT2D eigenvalue weighted by Crippen LogP contribution is 2.30. The SMILES string of the molecule is CCCCOc1ccccc1C(=O)c1c(C)c(C#N)c(=O)n(CCc2ccc(OC)c(OC)c2)c1O. The Labute approximate surface area is 210 Å². The largest absolute Gasteiger partial charge is 0.494 e. The molecule has 0 aliphatic heterocycles. The van der Waals surface area contributed by atoms with Crippen LogP contribution < -0.4 is 19.8 Å². The Bertz CT molecular complexity index is 1350. The first-order chi connectivity index (χ1) is 17.4. The van der Waals surface area contributed by atoms with Crippen molar-refractivity contribution in [2.24, 2.45) is 0 Å². The number of ether oxygens (including phenoxy) is 3. The van der Waals surface area contributed by atoms with Crippen LogP contribution in [-0.2, 0) is 13.0 Å². The smallest absolute Gasteiger partial charge is 0.271 e. The summed E-state index contributed by atoms with van der Waals surface area (Å²) in [6, 6.07) is 14.0. The number of pyridine rings is 1. The number of methoxy groups -OCH3 is 2. The first kappa shape index (κ1) is 26.4. The summed E-state index contributed by atoms with van der Waals surface area (Å²) in [5.41, 5.74) is 0.271. The average Bonchev–Trinajstić information content (AvgIpc) is 2.89. The molecule has 2 aromatic carbocycles. The van der Waals surface area contributed by atoms with Crippen LogP contribution in [0.4, 0.5) is 0 Å². The quantitative estimate of drug-likeness (QED) is 0.313. The predicted molar refractivity (Wildman–Crippen MR) is 135 cm³/mol. The van der Waals surface area contributed by atoms with Gasteiger partial charge in [0.15, 0.2) is 11.5 Å². The third kappa shape index (κ3) is 5.36. The van der Waals surface area contributed by atoms with E-state index in [4.69, 9.17) is 14.2 Å². The fourth-order valence-corrected chi connectivity index (χ4v) is 3.95. The van der Waals surface area contributed by atoms with E-state index in [1.54, 1.807) is 36.4 Å². The number of carbonyl (C=O) groups excluding carboxylic acids is 1. The number of nitrogens with zero attached hydrogens (tertiary/aromatic N) is 2. The number of carbonyl (C=O) groups is 1. The standard InChI is InChI=1S/C28H30N2O6/c1-5-6-15-36-22-10-8-7-9-20(22)26(31)25-18(2)21(17-29)27(32)30(28(25)33)14-13-19-11-12-23(34-3)24(16-19)35-4/h7-12,16,33H,5-6,13-15H2,1-4H3. The van der Waals surface area contributed by atoms with E-state index in [0.29, 0.717) is 30.3 Å². The topological polar surface area (TPSA) is 111 Å². The first-order valence-corrected chi connectivity index (χ1v) is 11.7. The number of benzene rings is 2. The number of para-hydroxylation sites is 1. The van der Waals surface area contributed by atoms with Crippen molar-refractivity contribution in [1.82, 2.24) is 4.57 Å². The minimum Gasteiger partial charge on any atom is -0.494 e. The molecule has 3 aromatic rings. The molecular formula is C28H30N2O6. The molecule has 1 N–H and O–H groups in total. The molecule has 188 valence electrons. The number of aromatic hydroxyl groups is 1. The van der Waals surface area contributed by atoms with Gasteiger partial charge in [0.25, 0.3) is 5.56 Å². The highest BCUT2D eigenvalue weighted by atomic mass is 16.5. The van der Waals surface area contributed by atoms with E-state index >= 15 is 0 Å². The molecule has 1 heterocycles. The van der Waals surface area contributed by atoms with Crippen molar-refractivity contribution in [2.45, 2.75) is 39.7 Å². The zero-order valence-corrected chi connectivity index (χ0v) is 21.0. The number of aryl methyl sites for hydroxylation is 1. The Kier molecular flexibility index (Phi) is 8.74. The summed E-state index contributed by atoms with van der Waals surface area (Å²) in [4.78, 5) is 26.6. The third-order valence-corrected chi connectivity index (χ3v) is 5.99. The monoisotopic (exact) mass is 490 g/mol. The van der Waals surface area contributed by atoms with Crippen LogP contribution in [0.5, 0.6) is 23.1 Å². The highest BCUT2D eigenvalue weighted by Gasteiger charge is 2.26. The maximum Gasteiger partial charge on any atom is 0.271 e. The van der Waals surface area contributed by atoms with E-state index < -0.39 is 17.2 Å². The number of rotatable bonds is 11. The molecule has 0 amide bonds. The van der Waals surface area contributed by atoms with Crippen molar-refractivity contribution >= 4 is 5.78 Å². The minimum atomic E-state index is -0.656. The molecule has 0 unspecified atom stereocenters. The van der Waals surface area contributed by atoms with Crippen molar-refractivity contribution < 1.29 is 24.1 Å². The summed E-state index contributed by atoms with van der Waals surface area (Å²) in [6.07, 6.45) is 2.10. The lowest BCUT2D eigenvalue weighted by Crippen LogP contribution is -2.27. The molecule has 0 aliphatic carbocycles. The van der Waals surface area contributed by atoms with Crippen molar-refractivity contribution in [3.8, 4) is 29.2 Å². The molecule has 0 spiro atoms. The predicted octanol–water partition coefficient (Wildman–Crippen LogP) is 4.40. The Morgan fingerprint density at radius 1 is 1.08 bits per heavy atom. The van der Waals surface area contributed by atoms with Crippen LogP contribution in [-0.4, -0.2) is 36.3 Å². The lowest BCUT2D eigenvalue weighted by molar-refractivity contribution is 0.103. The number of ketones is 1. The maximum atomic E-state index is 13.6. The van der Waals surface area contributed by atoms with Crippen LogP contribution in [0.25, 0.3) is 0 Å². The van der Waals surface area contributed by atoms with Gasteiger partial charge in [0.05, 0.1) is 32.0 Å². The minimum absolute atomic E-state index is 0.0457. The van der Waals surface area contributed by atoms with Gasteiger partial charge in [-0.15, -0.1) is 0 Å². The molecule has 8 nitrogen and oxygen atoms in total. The Morgan fingerprint density at radius 2 is 1.81 bits per heavy atom. The Hall–Kier alpha value is -4.25. The van der Waals surface area contributed by atoms with Crippen molar-refractivity contribution in [3.63, 3.8) is 0 Å². The van der Waals surface area contributed by atoms with Crippen LogP contribution >= 0.6 is 0 Å². The highest BCUT2D eigenvalue weighted by molar-refractivity contribution is 6.13. The zero-order chi connectivity index (χ0) is 26.2. The number of hydrogen-bond donors (Lipinski definition) is 1. The molecule has 0 atom stereocenters. The molecule has 0 saturated heterocycles. The van der Waals surface area contributed by atoms with Gasteiger partial charge < -0.3 is 19.3 Å². The fourth-order valence-electron chi connectivity index (χ4n) is 3.95. The van der Waals surface area contributed by atoms with Crippen molar-refractivity contribution in [3.05, 3.63) is 80.6 Å². The molecule has 8 heteroatoms.